The minimum Gasteiger partial charge on any atom is -0.489 e. The molecule has 0 radical (unpaired) electrons. The maximum Gasteiger partial charge on any atom is 0.122 e. The SMILES string of the molecule is CCCNC1CCCCC1Oc1ccccc1C. The van der Waals surface area contributed by atoms with E-state index in [1.807, 2.05) is 0 Å². The van der Waals surface area contributed by atoms with Gasteiger partial charge in [-0.15, -0.1) is 0 Å². The summed E-state index contributed by atoms with van der Waals surface area (Å²) in [6, 6.07) is 8.85. The van der Waals surface area contributed by atoms with Crippen molar-refractivity contribution in [3.63, 3.8) is 0 Å². The summed E-state index contributed by atoms with van der Waals surface area (Å²) in [4.78, 5) is 0. The van der Waals surface area contributed by atoms with Gasteiger partial charge in [0.05, 0.1) is 0 Å². The molecule has 1 fully saturated rings. The molecule has 1 aliphatic rings. The van der Waals surface area contributed by atoms with Crippen LogP contribution in [0.3, 0.4) is 0 Å². The Kier molecular flexibility index (Phi) is 5.06. The summed E-state index contributed by atoms with van der Waals surface area (Å²) in [6.45, 7) is 5.43. The predicted molar refractivity (Wildman–Crippen MR) is 76.1 cm³/mol. The number of rotatable bonds is 5. The molecule has 2 heteroatoms. The second-order valence-corrected chi connectivity index (χ2v) is 5.27. The average Bonchev–Trinajstić information content (AvgIpc) is 2.40. The van der Waals surface area contributed by atoms with Crippen molar-refractivity contribution in [3.8, 4) is 5.75 Å². The van der Waals surface area contributed by atoms with Gasteiger partial charge >= 0.3 is 0 Å². The fourth-order valence-electron chi connectivity index (χ4n) is 2.65. The average molecular weight is 247 g/mol. The molecule has 100 valence electrons. The van der Waals surface area contributed by atoms with Crippen LogP contribution in [0.2, 0.25) is 0 Å². The van der Waals surface area contributed by atoms with E-state index in [9.17, 15) is 0 Å². The molecule has 1 saturated carbocycles. The monoisotopic (exact) mass is 247 g/mol. The number of hydrogen-bond donors (Lipinski definition) is 1. The van der Waals surface area contributed by atoms with Crippen molar-refractivity contribution in [1.82, 2.24) is 5.32 Å². The molecule has 18 heavy (non-hydrogen) atoms. The molecule has 1 aromatic carbocycles. The van der Waals surface area contributed by atoms with E-state index in [-0.39, 0.29) is 0 Å². The summed E-state index contributed by atoms with van der Waals surface area (Å²) < 4.78 is 6.23. The van der Waals surface area contributed by atoms with Gasteiger partial charge in [0.1, 0.15) is 11.9 Å². The van der Waals surface area contributed by atoms with Gasteiger partial charge in [-0.05, 0) is 50.8 Å². The Labute approximate surface area is 111 Å². The lowest BCUT2D eigenvalue weighted by Gasteiger charge is -2.33. The number of aryl methyl sites for hydroxylation is 1. The topological polar surface area (TPSA) is 21.3 Å². The lowest BCUT2D eigenvalue weighted by molar-refractivity contribution is 0.113. The molecule has 1 aromatic rings. The fourth-order valence-corrected chi connectivity index (χ4v) is 2.65. The molecule has 0 saturated heterocycles. The first-order valence-corrected chi connectivity index (χ1v) is 7.27. The highest BCUT2D eigenvalue weighted by atomic mass is 16.5. The van der Waals surface area contributed by atoms with Crippen LogP contribution < -0.4 is 10.1 Å². The van der Waals surface area contributed by atoms with E-state index < -0.39 is 0 Å². The third kappa shape index (κ3) is 3.49. The van der Waals surface area contributed by atoms with Crippen LogP contribution in [0.25, 0.3) is 0 Å². The van der Waals surface area contributed by atoms with Crippen molar-refractivity contribution in [2.45, 2.75) is 58.1 Å². The number of benzene rings is 1. The standard InChI is InChI=1S/C16H25NO/c1-3-12-17-14-9-5-7-11-16(14)18-15-10-6-4-8-13(15)2/h4,6,8,10,14,16-17H,3,5,7,9,11-12H2,1-2H3. The van der Waals surface area contributed by atoms with E-state index in [1.54, 1.807) is 0 Å². The first-order valence-electron chi connectivity index (χ1n) is 7.27. The van der Waals surface area contributed by atoms with Crippen LogP contribution >= 0.6 is 0 Å². The van der Waals surface area contributed by atoms with Gasteiger partial charge in [-0.1, -0.05) is 31.5 Å². The van der Waals surface area contributed by atoms with Crippen LogP contribution in [0.1, 0.15) is 44.6 Å². The Balaban J connectivity index is 1.98. The second-order valence-electron chi connectivity index (χ2n) is 5.27. The van der Waals surface area contributed by atoms with E-state index in [1.165, 1.54) is 37.7 Å². The van der Waals surface area contributed by atoms with Crippen LogP contribution in [0.4, 0.5) is 0 Å². The minimum atomic E-state index is 0.339. The van der Waals surface area contributed by atoms with Gasteiger partial charge in [-0.3, -0.25) is 0 Å². The van der Waals surface area contributed by atoms with Crippen molar-refractivity contribution in [2.24, 2.45) is 0 Å². The Morgan fingerprint density at radius 3 is 2.78 bits per heavy atom. The summed E-state index contributed by atoms with van der Waals surface area (Å²) in [7, 11) is 0. The molecule has 0 heterocycles. The lowest BCUT2D eigenvalue weighted by Crippen LogP contribution is -2.45. The van der Waals surface area contributed by atoms with E-state index >= 15 is 0 Å². The molecule has 0 aliphatic heterocycles. The quantitative estimate of drug-likeness (QED) is 0.857. The van der Waals surface area contributed by atoms with Gasteiger partial charge in [-0.2, -0.15) is 0 Å². The summed E-state index contributed by atoms with van der Waals surface area (Å²) in [6.07, 6.45) is 6.57. The molecule has 2 atom stereocenters. The van der Waals surface area contributed by atoms with E-state index in [0.29, 0.717) is 12.1 Å². The highest BCUT2D eigenvalue weighted by Gasteiger charge is 2.26. The normalized spacial score (nSPS) is 23.9. The largest absolute Gasteiger partial charge is 0.489 e. The molecule has 0 bridgehead atoms. The molecule has 1 aliphatic carbocycles. The summed E-state index contributed by atoms with van der Waals surface area (Å²) in [5, 5.41) is 3.64. The van der Waals surface area contributed by atoms with Crippen LogP contribution in [0.15, 0.2) is 24.3 Å². The van der Waals surface area contributed by atoms with Gasteiger partial charge in [0, 0.05) is 6.04 Å². The van der Waals surface area contributed by atoms with Crippen molar-refractivity contribution in [3.05, 3.63) is 29.8 Å². The van der Waals surface area contributed by atoms with Crippen molar-refractivity contribution >= 4 is 0 Å². The zero-order valence-electron chi connectivity index (χ0n) is 11.6. The minimum absolute atomic E-state index is 0.339. The molecule has 1 N–H and O–H groups in total. The predicted octanol–water partition coefficient (Wildman–Crippen LogP) is 3.68. The van der Waals surface area contributed by atoms with E-state index in [4.69, 9.17) is 4.74 Å². The van der Waals surface area contributed by atoms with E-state index in [0.717, 1.165) is 12.3 Å². The molecule has 2 nitrogen and oxygen atoms in total. The van der Waals surface area contributed by atoms with Gasteiger partial charge < -0.3 is 10.1 Å². The second kappa shape index (κ2) is 6.79. The summed E-state index contributed by atoms with van der Waals surface area (Å²) in [5.41, 5.74) is 1.23. The maximum atomic E-state index is 6.23. The van der Waals surface area contributed by atoms with Gasteiger partial charge in [0.2, 0.25) is 0 Å². The number of nitrogens with one attached hydrogen (secondary N) is 1. The van der Waals surface area contributed by atoms with Gasteiger partial charge in [-0.25, -0.2) is 0 Å². The molecule has 2 rings (SSSR count). The number of para-hydroxylation sites is 1. The van der Waals surface area contributed by atoms with Gasteiger partial charge in [0.15, 0.2) is 0 Å². The van der Waals surface area contributed by atoms with E-state index in [2.05, 4.69) is 43.4 Å². The Bertz CT molecular complexity index is 364. The van der Waals surface area contributed by atoms with Crippen LogP contribution in [0.5, 0.6) is 5.75 Å². The van der Waals surface area contributed by atoms with Crippen LogP contribution in [-0.2, 0) is 0 Å². The number of ether oxygens (including phenoxy) is 1. The summed E-state index contributed by atoms with van der Waals surface area (Å²) in [5.74, 6) is 1.05. The van der Waals surface area contributed by atoms with Crippen molar-refractivity contribution in [2.75, 3.05) is 6.54 Å². The molecule has 0 spiro atoms. The molecule has 0 amide bonds. The Morgan fingerprint density at radius 2 is 2.00 bits per heavy atom. The first kappa shape index (κ1) is 13.4. The highest BCUT2D eigenvalue weighted by molar-refractivity contribution is 5.32. The number of hydrogen-bond acceptors (Lipinski definition) is 2. The Hall–Kier alpha value is -1.02. The van der Waals surface area contributed by atoms with Crippen LogP contribution in [-0.4, -0.2) is 18.7 Å². The molecule has 2 unspecified atom stereocenters. The Morgan fingerprint density at radius 1 is 1.22 bits per heavy atom. The van der Waals surface area contributed by atoms with Crippen LogP contribution in [0, 0.1) is 6.92 Å². The molecular formula is C16H25NO. The zero-order valence-corrected chi connectivity index (χ0v) is 11.6. The molecular weight excluding hydrogens is 222 g/mol. The summed E-state index contributed by atoms with van der Waals surface area (Å²) >= 11 is 0. The lowest BCUT2D eigenvalue weighted by atomic mass is 9.92. The fraction of sp³-hybridized carbons (Fsp3) is 0.625. The zero-order chi connectivity index (χ0) is 12.8. The first-order chi connectivity index (χ1) is 8.81. The van der Waals surface area contributed by atoms with Crippen molar-refractivity contribution in [1.29, 1.82) is 0 Å². The maximum absolute atomic E-state index is 6.23. The van der Waals surface area contributed by atoms with Gasteiger partial charge in [0.25, 0.3) is 0 Å². The highest BCUT2D eigenvalue weighted by Crippen LogP contribution is 2.25. The third-order valence-electron chi connectivity index (χ3n) is 3.73. The molecule has 0 aromatic heterocycles. The van der Waals surface area contributed by atoms with Crippen molar-refractivity contribution < 1.29 is 4.74 Å². The smallest absolute Gasteiger partial charge is 0.122 e. The third-order valence-corrected chi connectivity index (χ3v) is 3.73.